The summed E-state index contributed by atoms with van der Waals surface area (Å²) in [6, 6.07) is 12.5. The first-order valence-corrected chi connectivity index (χ1v) is 10.6. The van der Waals surface area contributed by atoms with E-state index in [4.69, 9.17) is 14.2 Å². The fourth-order valence-electron chi connectivity index (χ4n) is 3.74. The SMILES string of the molecule is O=C(OCC1CCCCC1)c1cc(CO)c(OCCOc2ccccc2)c(CO)c1. The largest absolute Gasteiger partial charge is 0.490 e. The van der Waals surface area contributed by atoms with E-state index in [1.54, 1.807) is 12.1 Å². The lowest BCUT2D eigenvalue weighted by molar-refractivity contribution is 0.0409. The van der Waals surface area contributed by atoms with E-state index in [1.165, 1.54) is 19.3 Å². The van der Waals surface area contributed by atoms with Crippen molar-refractivity contribution in [2.75, 3.05) is 19.8 Å². The first-order chi connectivity index (χ1) is 14.7. The first kappa shape index (κ1) is 22.1. The molecule has 6 nitrogen and oxygen atoms in total. The van der Waals surface area contributed by atoms with Crippen LogP contribution < -0.4 is 9.47 Å². The molecule has 0 amide bonds. The maximum absolute atomic E-state index is 12.5. The van der Waals surface area contributed by atoms with Crippen LogP contribution >= 0.6 is 0 Å². The summed E-state index contributed by atoms with van der Waals surface area (Å²) in [5.41, 5.74) is 1.18. The van der Waals surface area contributed by atoms with E-state index in [-0.39, 0.29) is 19.8 Å². The number of esters is 1. The minimum Gasteiger partial charge on any atom is -0.490 e. The Morgan fingerprint density at radius 1 is 0.900 bits per heavy atom. The Balaban J connectivity index is 1.60. The average molecular weight is 414 g/mol. The molecular formula is C24H30O6. The van der Waals surface area contributed by atoms with Gasteiger partial charge in [0.2, 0.25) is 0 Å². The summed E-state index contributed by atoms with van der Waals surface area (Å²) in [7, 11) is 0. The topological polar surface area (TPSA) is 85.2 Å². The second-order valence-corrected chi connectivity index (χ2v) is 7.55. The molecule has 0 saturated heterocycles. The fourth-order valence-corrected chi connectivity index (χ4v) is 3.74. The number of para-hydroxylation sites is 1. The maximum Gasteiger partial charge on any atom is 0.338 e. The molecular weight excluding hydrogens is 384 g/mol. The molecule has 30 heavy (non-hydrogen) atoms. The molecule has 0 spiro atoms. The quantitative estimate of drug-likeness (QED) is 0.454. The standard InChI is InChI=1S/C24H30O6/c25-15-20-13-19(24(27)30-17-18-7-3-1-4-8-18)14-21(16-26)23(20)29-12-11-28-22-9-5-2-6-10-22/h2,5-6,9-10,13-14,18,25-26H,1,3-4,7-8,11-12,15-17H2. The van der Waals surface area contributed by atoms with Crippen LogP contribution in [0, 0.1) is 5.92 Å². The summed E-state index contributed by atoms with van der Waals surface area (Å²) in [5, 5.41) is 19.5. The summed E-state index contributed by atoms with van der Waals surface area (Å²) < 4.78 is 16.9. The summed E-state index contributed by atoms with van der Waals surface area (Å²) >= 11 is 0. The van der Waals surface area contributed by atoms with Crippen LogP contribution in [-0.2, 0) is 18.0 Å². The smallest absolute Gasteiger partial charge is 0.338 e. The minimum absolute atomic E-state index is 0.236. The molecule has 0 bridgehead atoms. The zero-order valence-electron chi connectivity index (χ0n) is 17.2. The van der Waals surface area contributed by atoms with E-state index in [0.29, 0.717) is 41.6 Å². The van der Waals surface area contributed by atoms with Gasteiger partial charge < -0.3 is 24.4 Å². The number of aliphatic hydroxyl groups excluding tert-OH is 2. The predicted molar refractivity (Wildman–Crippen MR) is 113 cm³/mol. The van der Waals surface area contributed by atoms with Gasteiger partial charge in [-0.25, -0.2) is 4.79 Å². The summed E-state index contributed by atoms with van der Waals surface area (Å²) in [4.78, 5) is 12.5. The number of aliphatic hydroxyl groups is 2. The van der Waals surface area contributed by atoms with E-state index >= 15 is 0 Å². The molecule has 0 unspecified atom stereocenters. The summed E-state index contributed by atoms with van der Waals surface area (Å²) in [6.45, 7) is 0.333. The number of carbonyl (C=O) groups is 1. The van der Waals surface area contributed by atoms with Gasteiger partial charge in [0.15, 0.2) is 0 Å². The Bertz CT molecular complexity index is 774. The summed E-state index contributed by atoms with van der Waals surface area (Å²) in [5.74, 6) is 1.09. The lowest BCUT2D eigenvalue weighted by atomic mass is 9.90. The molecule has 2 aromatic rings. The molecule has 0 heterocycles. The highest BCUT2D eigenvalue weighted by atomic mass is 16.5. The molecule has 1 aliphatic carbocycles. The normalized spacial score (nSPS) is 14.3. The van der Waals surface area contributed by atoms with Crippen LogP contribution in [0.5, 0.6) is 11.5 Å². The van der Waals surface area contributed by atoms with Gasteiger partial charge in [-0.2, -0.15) is 0 Å². The van der Waals surface area contributed by atoms with E-state index < -0.39 is 5.97 Å². The zero-order valence-corrected chi connectivity index (χ0v) is 17.2. The van der Waals surface area contributed by atoms with Crippen LogP contribution in [0.4, 0.5) is 0 Å². The van der Waals surface area contributed by atoms with Crippen molar-refractivity contribution in [3.63, 3.8) is 0 Å². The molecule has 6 heteroatoms. The van der Waals surface area contributed by atoms with Crippen LogP contribution in [0.25, 0.3) is 0 Å². The molecule has 1 aliphatic rings. The molecule has 162 valence electrons. The number of ether oxygens (including phenoxy) is 3. The second kappa shape index (κ2) is 11.6. The predicted octanol–water partition coefficient (Wildman–Crippen LogP) is 3.87. The van der Waals surface area contributed by atoms with E-state index in [2.05, 4.69) is 0 Å². The number of hydrogen-bond donors (Lipinski definition) is 2. The molecule has 2 N–H and O–H groups in total. The lowest BCUT2D eigenvalue weighted by Gasteiger charge is -2.21. The highest BCUT2D eigenvalue weighted by Gasteiger charge is 2.19. The van der Waals surface area contributed by atoms with Crippen LogP contribution in [0.15, 0.2) is 42.5 Å². The van der Waals surface area contributed by atoms with Crippen molar-refractivity contribution in [2.24, 2.45) is 5.92 Å². The Kier molecular flexibility index (Phi) is 8.53. The van der Waals surface area contributed by atoms with Gasteiger partial charge in [-0.3, -0.25) is 0 Å². The van der Waals surface area contributed by atoms with Crippen LogP contribution in [0.1, 0.15) is 53.6 Å². The third-order valence-electron chi connectivity index (χ3n) is 5.34. The van der Waals surface area contributed by atoms with Crippen molar-refractivity contribution in [2.45, 2.75) is 45.3 Å². The Morgan fingerprint density at radius 2 is 1.53 bits per heavy atom. The number of rotatable bonds is 10. The summed E-state index contributed by atoms with van der Waals surface area (Å²) in [6.07, 6.45) is 5.81. The monoisotopic (exact) mass is 414 g/mol. The molecule has 2 aromatic carbocycles. The zero-order chi connectivity index (χ0) is 21.2. The average Bonchev–Trinajstić information content (AvgIpc) is 2.81. The molecule has 0 atom stereocenters. The van der Waals surface area contributed by atoms with Crippen LogP contribution in [0.3, 0.4) is 0 Å². The van der Waals surface area contributed by atoms with Crippen molar-refractivity contribution in [3.8, 4) is 11.5 Å². The van der Waals surface area contributed by atoms with Gasteiger partial charge in [-0.15, -0.1) is 0 Å². The van der Waals surface area contributed by atoms with Gasteiger partial charge in [0.05, 0.1) is 25.4 Å². The number of benzene rings is 2. The number of hydrogen-bond acceptors (Lipinski definition) is 6. The van der Waals surface area contributed by atoms with E-state index in [0.717, 1.165) is 18.6 Å². The minimum atomic E-state index is -0.441. The van der Waals surface area contributed by atoms with Gasteiger partial charge in [-0.1, -0.05) is 37.5 Å². The van der Waals surface area contributed by atoms with Crippen molar-refractivity contribution in [1.29, 1.82) is 0 Å². The molecule has 1 fully saturated rings. The molecule has 1 saturated carbocycles. The van der Waals surface area contributed by atoms with Gasteiger partial charge in [0.25, 0.3) is 0 Å². The van der Waals surface area contributed by atoms with Crippen LogP contribution in [0.2, 0.25) is 0 Å². The highest BCUT2D eigenvalue weighted by molar-refractivity contribution is 5.90. The Labute approximate surface area is 177 Å². The van der Waals surface area contributed by atoms with Crippen molar-refractivity contribution in [3.05, 3.63) is 59.2 Å². The lowest BCUT2D eigenvalue weighted by Crippen LogP contribution is -2.17. The maximum atomic E-state index is 12.5. The fraction of sp³-hybridized carbons (Fsp3) is 0.458. The van der Waals surface area contributed by atoms with Crippen molar-refractivity contribution in [1.82, 2.24) is 0 Å². The van der Waals surface area contributed by atoms with Crippen molar-refractivity contribution >= 4 is 5.97 Å². The third-order valence-corrected chi connectivity index (χ3v) is 5.34. The molecule has 0 aliphatic heterocycles. The second-order valence-electron chi connectivity index (χ2n) is 7.55. The van der Waals surface area contributed by atoms with Gasteiger partial charge >= 0.3 is 5.97 Å². The molecule has 3 rings (SSSR count). The first-order valence-electron chi connectivity index (χ1n) is 10.6. The molecule has 0 radical (unpaired) electrons. The third kappa shape index (κ3) is 6.21. The number of carbonyl (C=O) groups excluding carboxylic acids is 1. The van der Waals surface area contributed by atoms with Gasteiger partial charge in [0.1, 0.15) is 24.7 Å². The van der Waals surface area contributed by atoms with E-state index in [1.807, 2.05) is 30.3 Å². The van der Waals surface area contributed by atoms with Crippen molar-refractivity contribution < 1.29 is 29.2 Å². The van der Waals surface area contributed by atoms with E-state index in [9.17, 15) is 15.0 Å². The highest BCUT2D eigenvalue weighted by Crippen LogP contribution is 2.28. The van der Waals surface area contributed by atoms with Gasteiger partial charge in [0, 0.05) is 11.1 Å². The molecule has 0 aromatic heterocycles. The van der Waals surface area contributed by atoms with Gasteiger partial charge in [-0.05, 0) is 43.0 Å². The van der Waals surface area contributed by atoms with Crippen LogP contribution in [-0.4, -0.2) is 36.0 Å². The Morgan fingerprint density at radius 3 is 2.17 bits per heavy atom. The Hall–Kier alpha value is -2.57.